The van der Waals surface area contributed by atoms with Crippen molar-refractivity contribution in [3.05, 3.63) is 35.4 Å². The fraction of sp³-hybridized carbons (Fsp3) is 0.524. The van der Waals surface area contributed by atoms with Gasteiger partial charge in [0.1, 0.15) is 5.75 Å². The molecule has 0 bridgehead atoms. The van der Waals surface area contributed by atoms with Crippen LogP contribution in [0.25, 0.3) is 0 Å². The summed E-state index contributed by atoms with van der Waals surface area (Å²) in [5, 5.41) is 13.6. The van der Waals surface area contributed by atoms with E-state index in [2.05, 4.69) is 16.8 Å². The van der Waals surface area contributed by atoms with Gasteiger partial charge in [0.25, 0.3) is 0 Å². The number of nitrogens with one attached hydrogen (secondary N) is 1. The molecule has 1 atom stereocenters. The number of benzene rings is 1. The molecule has 2 amide bonds. The second kappa shape index (κ2) is 9.50. The fourth-order valence-electron chi connectivity index (χ4n) is 4.01. The molecule has 2 heterocycles. The lowest BCUT2D eigenvalue weighted by molar-refractivity contribution is -0.131. The van der Waals surface area contributed by atoms with E-state index in [0.29, 0.717) is 29.8 Å². The number of amides is 2. The molecular formula is C21H29ClN4O3. The Labute approximate surface area is 176 Å². The quantitative estimate of drug-likeness (QED) is 0.543. The summed E-state index contributed by atoms with van der Waals surface area (Å²) < 4.78 is 0. The van der Waals surface area contributed by atoms with E-state index >= 15 is 0 Å². The zero-order valence-corrected chi connectivity index (χ0v) is 17.6. The SMILES string of the molecule is C=CC(=O)N1CCC(N2CCN(C(=O)CNc3cc(CC)c(Cl)cc3O)CC2)C1. The first kappa shape index (κ1) is 21.5. The van der Waals surface area contributed by atoms with E-state index in [9.17, 15) is 14.7 Å². The van der Waals surface area contributed by atoms with Gasteiger partial charge in [0, 0.05) is 56.4 Å². The lowest BCUT2D eigenvalue weighted by Crippen LogP contribution is -2.53. The van der Waals surface area contributed by atoms with Crippen LogP contribution in [0.1, 0.15) is 18.9 Å². The van der Waals surface area contributed by atoms with Crippen LogP contribution in [0, 0.1) is 0 Å². The van der Waals surface area contributed by atoms with Crippen molar-refractivity contribution in [1.29, 1.82) is 0 Å². The Balaban J connectivity index is 1.47. The standard InChI is InChI=1S/C21H29ClN4O3/c1-3-15-11-18(19(27)12-17(15)22)23-13-21(29)25-9-7-24(8-10-25)16-5-6-26(14-16)20(28)4-2/h4,11-12,16,23,27H,2-3,5-10,13-14H2,1H3. The van der Waals surface area contributed by atoms with E-state index in [-0.39, 0.29) is 24.1 Å². The monoisotopic (exact) mass is 420 g/mol. The number of aryl methyl sites for hydroxylation is 1. The molecule has 0 aromatic heterocycles. The van der Waals surface area contributed by atoms with Gasteiger partial charge in [-0.05, 0) is 30.5 Å². The molecule has 0 aliphatic carbocycles. The third-order valence-electron chi connectivity index (χ3n) is 5.81. The van der Waals surface area contributed by atoms with Crippen LogP contribution >= 0.6 is 11.6 Å². The summed E-state index contributed by atoms with van der Waals surface area (Å²) in [5.41, 5.74) is 1.45. The van der Waals surface area contributed by atoms with Gasteiger partial charge >= 0.3 is 0 Å². The highest BCUT2D eigenvalue weighted by molar-refractivity contribution is 6.31. The minimum absolute atomic E-state index is 0.00642. The fourth-order valence-corrected chi connectivity index (χ4v) is 4.30. The number of aromatic hydroxyl groups is 1. The Kier molecular flexibility index (Phi) is 7.03. The molecule has 2 fully saturated rings. The number of hydrogen-bond donors (Lipinski definition) is 2. The van der Waals surface area contributed by atoms with E-state index in [4.69, 9.17) is 11.6 Å². The summed E-state index contributed by atoms with van der Waals surface area (Å²) in [6, 6.07) is 3.65. The van der Waals surface area contributed by atoms with Crippen molar-refractivity contribution in [3.63, 3.8) is 0 Å². The smallest absolute Gasteiger partial charge is 0.246 e. The number of hydrogen-bond acceptors (Lipinski definition) is 5. The predicted molar refractivity (Wildman–Crippen MR) is 114 cm³/mol. The third-order valence-corrected chi connectivity index (χ3v) is 6.16. The number of nitrogens with zero attached hydrogens (tertiary/aromatic N) is 3. The van der Waals surface area contributed by atoms with E-state index in [1.54, 1.807) is 6.07 Å². The summed E-state index contributed by atoms with van der Waals surface area (Å²) in [7, 11) is 0. The molecule has 0 spiro atoms. The zero-order chi connectivity index (χ0) is 21.0. The summed E-state index contributed by atoms with van der Waals surface area (Å²) in [5.74, 6) is 0.0423. The number of likely N-dealkylation sites (tertiary alicyclic amines) is 1. The molecule has 1 aromatic carbocycles. The second-order valence-corrected chi connectivity index (χ2v) is 7.92. The maximum Gasteiger partial charge on any atom is 0.246 e. The van der Waals surface area contributed by atoms with Crippen molar-refractivity contribution in [2.24, 2.45) is 0 Å². The van der Waals surface area contributed by atoms with Gasteiger partial charge in [-0.1, -0.05) is 25.1 Å². The predicted octanol–water partition coefficient (Wildman–Crippen LogP) is 1.95. The second-order valence-electron chi connectivity index (χ2n) is 7.52. The van der Waals surface area contributed by atoms with Gasteiger partial charge < -0.3 is 20.2 Å². The van der Waals surface area contributed by atoms with Gasteiger partial charge in [0.05, 0.1) is 12.2 Å². The van der Waals surface area contributed by atoms with Gasteiger partial charge in [0.15, 0.2) is 0 Å². The molecule has 2 aliphatic rings. The molecule has 2 aliphatic heterocycles. The van der Waals surface area contributed by atoms with Crippen LogP contribution < -0.4 is 5.32 Å². The van der Waals surface area contributed by atoms with Crippen molar-refractivity contribution >= 4 is 29.1 Å². The van der Waals surface area contributed by atoms with E-state index in [0.717, 1.165) is 44.6 Å². The van der Waals surface area contributed by atoms with Crippen LogP contribution in [0.15, 0.2) is 24.8 Å². The van der Waals surface area contributed by atoms with Crippen molar-refractivity contribution in [1.82, 2.24) is 14.7 Å². The minimum atomic E-state index is -0.0101. The molecule has 3 rings (SSSR count). The van der Waals surface area contributed by atoms with Gasteiger partial charge in [-0.3, -0.25) is 14.5 Å². The van der Waals surface area contributed by atoms with Crippen LogP contribution in [0.5, 0.6) is 5.75 Å². The van der Waals surface area contributed by atoms with E-state index in [1.807, 2.05) is 16.7 Å². The lowest BCUT2D eigenvalue weighted by atomic mass is 10.1. The summed E-state index contributed by atoms with van der Waals surface area (Å²) in [6.07, 6.45) is 3.08. The molecule has 1 aromatic rings. The Morgan fingerprint density at radius 1 is 1.24 bits per heavy atom. The van der Waals surface area contributed by atoms with Crippen LogP contribution in [0.3, 0.4) is 0 Å². The van der Waals surface area contributed by atoms with Gasteiger partial charge in [-0.2, -0.15) is 0 Å². The minimum Gasteiger partial charge on any atom is -0.506 e. The number of phenols is 1. The Bertz CT molecular complexity index is 777. The number of piperazine rings is 1. The highest BCUT2D eigenvalue weighted by Crippen LogP contribution is 2.30. The highest BCUT2D eigenvalue weighted by Gasteiger charge is 2.32. The van der Waals surface area contributed by atoms with Crippen LogP contribution in [0.4, 0.5) is 5.69 Å². The van der Waals surface area contributed by atoms with Crippen LogP contribution in [-0.2, 0) is 16.0 Å². The lowest BCUT2D eigenvalue weighted by Gasteiger charge is -2.38. The number of carbonyl (C=O) groups excluding carboxylic acids is 2. The first-order valence-electron chi connectivity index (χ1n) is 10.1. The first-order valence-corrected chi connectivity index (χ1v) is 10.5. The van der Waals surface area contributed by atoms with Crippen molar-refractivity contribution < 1.29 is 14.7 Å². The molecule has 1 unspecified atom stereocenters. The molecule has 7 nitrogen and oxygen atoms in total. The van der Waals surface area contributed by atoms with Crippen molar-refractivity contribution in [2.45, 2.75) is 25.8 Å². The summed E-state index contributed by atoms with van der Waals surface area (Å²) >= 11 is 6.09. The average Bonchev–Trinajstić information content (AvgIpc) is 3.23. The number of halogens is 1. The molecule has 158 valence electrons. The van der Waals surface area contributed by atoms with Crippen molar-refractivity contribution in [3.8, 4) is 5.75 Å². The van der Waals surface area contributed by atoms with E-state index in [1.165, 1.54) is 12.1 Å². The number of rotatable bonds is 6. The molecule has 0 radical (unpaired) electrons. The number of anilines is 1. The van der Waals surface area contributed by atoms with Gasteiger partial charge in [0.2, 0.25) is 11.8 Å². The van der Waals surface area contributed by atoms with Gasteiger partial charge in [-0.25, -0.2) is 0 Å². The van der Waals surface area contributed by atoms with Crippen molar-refractivity contribution in [2.75, 3.05) is 51.1 Å². The Morgan fingerprint density at radius 2 is 1.97 bits per heavy atom. The maximum absolute atomic E-state index is 12.6. The molecular weight excluding hydrogens is 392 g/mol. The maximum atomic E-state index is 12.6. The molecule has 0 saturated carbocycles. The topological polar surface area (TPSA) is 76.1 Å². The Hall–Kier alpha value is -2.25. The van der Waals surface area contributed by atoms with Gasteiger partial charge in [-0.15, -0.1) is 0 Å². The number of phenolic OH excluding ortho intramolecular Hbond substituents is 1. The zero-order valence-electron chi connectivity index (χ0n) is 16.9. The normalized spacial score (nSPS) is 20.0. The van der Waals surface area contributed by atoms with E-state index < -0.39 is 0 Å². The molecule has 29 heavy (non-hydrogen) atoms. The molecule has 8 heteroatoms. The Morgan fingerprint density at radius 3 is 2.62 bits per heavy atom. The average molecular weight is 421 g/mol. The summed E-state index contributed by atoms with van der Waals surface area (Å²) in [4.78, 5) is 30.4. The third kappa shape index (κ3) is 5.03. The van der Waals surface area contributed by atoms with Crippen LogP contribution in [0.2, 0.25) is 5.02 Å². The number of carbonyl (C=O) groups is 2. The highest BCUT2D eigenvalue weighted by atomic mass is 35.5. The molecule has 2 N–H and O–H groups in total. The first-order chi connectivity index (χ1) is 13.9. The molecule has 2 saturated heterocycles. The summed E-state index contributed by atoms with van der Waals surface area (Å²) in [6.45, 7) is 10.1. The largest absolute Gasteiger partial charge is 0.506 e. The van der Waals surface area contributed by atoms with Crippen LogP contribution in [-0.4, -0.2) is 83.5 Å².